The van der Waals surface area contributed by atoms with Crippen LogP contribution in [0.5, 0.6) is 0 Å². The first kappa shape index (κ1) is 21.2. The first-order chi connectivity index (χ1) is 16.0. The topological polar surface area (TPSA) is 65.1 Å². The highest BCUT2D eigenvalue weighted by Gasteiger charge is 2.17. The molecule has 2 aromatic carbocycles. The third-order valence-electron chi connectivity index (χ3n) is 5.52. The Morgan fingerprint density at radius 2 is 1.58 bits per heavy atom. The maximum atomic E-state index is 12.6. The average molecular weight is 454 g/mol. The summed E-state index contributed by atoms with van der Waals surface area (Å²) in [6.45, 7) is 6.09. The molecule has 7 heteroatoms. The molecular formula is C26H23N5OS. The van der Waals surface area contributed by atoms with Crippen molar-refractivity contribution in [2.24, 2.45) is 0 Å². The molecule has 164 valence electrons. The Kier molecular flexibility index (Phi) is 5.56. The van der Waals surface area contributed by atoms with E-state index in [0.717, 1.165) is 33.5 Å². The number of hydrogen-bond acceptors (Lipinski definition) is 5. The van der Waals surface area contributed by atoms with Gasteiger partial charge in [-0.2, -0.15) is 0 Å². The largest absolute Gasteiger partial charge is 0.270 e. The lowest BCUT2D eigenvalue weighted by atomic mass is 10.1. The number of rotatable bonds is 5. The van der Waals surface area contributed by atoms with Gasteiger partial charge in [0, 0.05) is 29.3 Å². The average Bonchev–Trinajstić information content (AvgIpc) is 3.23. The van der Waals surface area contributed by atoms with Gasteiger partial charge in [-0.25, -0.2) is 4.98 Å². The quantitative estimate of drug-likeness (QED) is 0.344. The van der Waals surface area contributed by atoms with Crippen molar-refractivity contribution in [3.63, 3.8) is 0 Å². The number of thioether (sulfide) groups is 1. The molecule has 0 aliphatic carbocycles. The Morgan fingerprint density at radius 1 is 0.879 bits per heavy atom. The molecule has 5 aromatic rings. The molecule has 0 saturated carbocycles. The van der Waals surface area contributed by atoms with Crippen LogP contribution in [-0.2, 0) is 5.75 Å². The van der Waals surface area contributed by atoms with Gasteiger partial charge in [-0.1, -0.05) is 65.4 Å². The third-order valence-corrected chi connectivity index (χ3v) is 6.49. The summed E-state index contributed by atoms with van der Waals surface area (Å²) in [5, 5.41) is 9.76. The van der Waals surface area contributed by atoms with E-state index in [-0.39, 0.29) is 5.56 Å². The number of aryl methyl sites for hydroxylation is 3. The Balaban J connectivity index is 1.54. The third kappa shape index (κ3) is 4.19. The van der Waals surface area contributed by atoms with E-state index >= 15 is 0 Å². The van der Waals surface area contributed by atoms with Crippen molar-refractivity contribution in [1.82, 2.24) is 24.1 Å². The van der Waals surface area contributed by atoms with Crippen molar-refractivity contribution in [3.8, 4) is 17.1 Å². The summed E-state index contributed by atoms with van der Waals surface area (Å²) in [6.07, 6.45) is 1.75. The standard InChI is InChI=1S/C26H23N5OS/c1-17-6-10-20(11-7-17)25-28-29-26(31(25)22-12-8-18(2)9-13-22)33-16-21-15-23(32)30-14-4-5-19(3)24(30)27-21/h4-15H,16H2,1-3H3. The Hall–Kier alpha value is -3.71. The van der Waals surface area contributed by atoms with E-state index in [2.05, 4.69) is 77.1 Å². The molecule has 0 spiro atoms. The van der Waals surface area contributed by atoms with E-state index in [1.807, 2.05) is 19.1 Å². The van der Waals surface area contributed by atoms with E-state index in [1.165, 1.54) is 22.9 Å². The van der Waals surface area contributed by atoms with Gasteiger partial charge in [-0.15, -0.1) is 10.2 Å². The van der Waals surface area contributed by atoms with E-state index in [4.69, 9.17) is 4.98 Å². The van der Waals surface area contributed by atoms with E-state index < -0.39 is 0 Å². The monoisotopic (exact) mass is 453 g/mol. The molecule has 0 unspecified atom stereocenters. The lowest BCUT2D eigenvalue weighted by molar-refractivity contribution is 0.884. The fourth-order valence-corrected chi connectivity index (χ4v) is 4.55. The molecule has 0 aliphatic heterocycles. The van der Waals surface area contributed by atoms with Crippen LogP contribution in [0, 0.1) is 20.8 Å². The van der Waals surface area contributed by atoms with Gasteiger partial charge in [0.25, 0.3) is 5.56 Å². The molecule has 0 N–H and O–H groups in total. The van der Waals surface area contributed by atoms with Crippen LogP contribution >= 0.6 is 11.8 Å². The van der Waals surface area contributed by atoms with Crippen molar-refractivity contribution >= 4 is 17.4 Å². The second-order valence-corrected chi connectivity index (χ2v) is 9.04. The number of fused-ring (bicyclic) bond motifs is 1. The summed E-state index contributed by atoms with van der Waals surface area (Å²) in [5.41, 5.74) is 6.65. The van der Waals surface area contributed by atoms with Gasteiger partial charge < -0.3 is 0 Å². The van der Waals surface area contributed by atoms with Crippen molar-refractivity contribution in [2.45, 2.75) is 31.7 Å². The zero-order valence-corrected chi connectivity index (χ0v) is 19.5. The lowest BCUT2D eigenvalue weighted by Gasteiger charge is -2.11. The predicted octanol–water partition coefficient (Wildman–Crippen LogP) is 5.16. The summed E-state index contributed by atoms with van der Waals surface area (Å²) in [7, 11) is 0. The Labute approximate surface area is 196 Å². The lowest BCUT2D eigenvalue weighted by Crippen LogP contribution is -2.15. The molecule has 0 radical (unpaired) electrons. The van der Waals surface area contributed by atoms with Gasteiger partial charge in [-0.05, 0) is 44.5 Å². The molecule has 33 heavy (non-hydrogen) atoms. The molecule has 0 aliphatic rings. The van der Waals surface area contributed by atoms with Gasteiger partial charge in [-0.3, -0.25) is 13.8 Å². The molecule has 0 amide bonds. The molecule has 0 atom stereocenters. The van der Waals surface area contributed by atoms with Gasteiger partial charge >= 0.3 is 0 Å². The fraction of sp³-hybridized carbons (Fsp3) is 0.154. The number of pyridine rings is 1. The minimum absolute atomic E-state index is 0.0837. The molecule has 5 rings (SSSR count). The summed E-state index contributed by atoms with van der Waals surface area (Å²) >= 11 is 1.52. The summed E-state index contributed by atoms with van der Waals surface area (Å²) in [5.74, 6) is 1.29. The molecule has 3 aromatic heterocycles. The molecule has 6 nitrogen and oxygen atoms in total. The van der Waals surface area contributed by atoms with Crippen LogP contribution in [0.25, 0.3) is 22.7 Å². The molecular weight excluding hydrogens is 430 g/mol. The zero-order chi connectivity index (χ0) is 22.9. The van der Waals surface area contributed by atoms with Crippen molar-refractivity contribution in [1.29, 1.82) is 0 Å². The number of aromatic nitrogens is 5. The van der Waals surface area contributed by atoms with E-state index in [0.29, 0.717) is 11.4 Å². The van der Waals surface area contributed by atoms with Crippen LogP contribution in [0.15, 0.2) is 82.9 Å². The highest BCUT2D eigenvalue weighted by atomic mass is 32.2. The highest BCUT2D eigenvalue weighted by molar-refractivity contribution is 7.98. The summed E-state index contributed by atoms with van der Waals surface area (Å²) in [4.78, 5) is 17.3. The molecule has 0 fully saturated rings. The minimum atomic E-state index is -0.0837. The fourth-order valence-electron chi connectivity index (χ4n) is 3.70. The molecule has 0 bridgehead atoms. The van der Waals surface area contributed by atoms with Gasteiger partial charge in [0.1, 0.15) is 5.65 Å². The Bertz CT molecular complexity index is 1500. The zero-order valence-electron chi connectivity index (χ0n) is 18.7. The Morgan fingerprint density at radius 3 is 2.30 bits per heavy atom. The van der Waals surface area contributed by atoms with Crippen molar-refractivity contribution in [3.05, 3.63) is 106 Å². The smallest absolute Gasteiger partial charge is 0.258 e. The maximum Gasteiger partial charge on any atom is 0.258 e. The van der Waals surface area contributed by atoms with Crippen LogP contribution in [0.2, 0.25) is 0 Å². The number of nitrogens with zero attached hydrogens (tertiary/aromatic N) is 5. The maximum absolute atomic E-state index is 12.6. The van der Waals surface area contributed by atoms with Crippen LogP contribution in [0.4, 0.5) is 0 Å². The predicted molar refractivity (Wildman–Crippen MR) is 132 cm³/mol. The van der Waals surface area contributed by atoms with Crippen LogP contribution in [-0.4, -0.2) is 24.1 Å². The van der Waals surface area contributed by atoms with Gasteiger partial charge in [0.05, 0.1) is 5.69 Å². The minimum Gasteiger partial charge on any atom is -0.270 e. The summed E-state index contributed by atoms with van der Waals surface area (Å²) < 4.78 is 3.64. The highest BCUT2D eigenvalue weighted by Crippen LogP contribution is 2.29. The van der Waals surface area contributed by atoms with Crippen LogP contribution in [0.3, 0.4) is 0 Å². The first-order valence-corrected chi connectivity index (χ1v) is 11.7. The van der Waals surface area contributed by atoms with Crippen molar-refractivity contribution in [2.75, 3.05) is 0 Å². The van der Waals surface area contributed by atoms with Gasteiger partial charge in [0.2, 0.25) is 0 Å². The van der Waals surface area contributed by atoms with Crippen LogP contribution < -0.4 is 5.56 Å². The summed E-state index contributed by atoms with van der Waals surface area (Å²) in [6, 6.07) is 22.0. The first-order valence-electron chi connectivity index (χ1n) is 10.7. The van der Waals surface area contributed by atoms with Gasteiger partial charge in [0.15, 0.2) is 11.0 Å². The number of hydrogen-bond donors (Lipinski definition) is 0. The molecule has 0 saturated heterocycles. The second kappa shape index (κ2) is 8.67. The SMILES string of the molecule is Cc1ccc(-c2nnc(SCc3cc(=O)n4cccc(C)c4n3)n2-c2ccc(C)cc2)cc1. The van der Waals surface area contributed by atoms with Crippen LogP contribution in [0.1, 0.15) is 22.4 Å². The van der Waals surface area contributed by atoms with E-state index in [1.54, 1.807) is 16.7 Å². The van der Waals surface area contributed by atoms with Crippen molar-refractivity contribution < 1.29 is 0 Å². The normalized spacial score (nSPS) is 11.2. The molecule has 3 heterocycles. The van der Waals surface area contributed by atoms with E-state index in [9.17, 15) is 4.79 Å². The second-order valence-electron chi connectivity index (χ2n) is 8.10. The number of benzene rings is 2.